The Labute approximate surface area is 366 Å². The van der Waals surface area contributed by atoms with Gasteiger partial charge in [-0.2, -0.15) is 0 Å². The molecule has 0 saturated carbocycles. The molecule has 0 radical (unpaired) electrons. The normalized spacial score (nSPS) is 11.5. The van der Waals surface area contributed by atoms with E-state index in [1.807, 2.05) is 34.8 Å². The largest absolute Gasteiger partial charge is 0.208 e. The van der Waals surface area contributed by atoms with Crippen molar-refractivity contribution in [1.29, 1.82) is 0 Å². The Bertz CT molecular complexity index is 3490. The van der Waals surface area contributed by atoms with Crippen molar-refractivity contribution in [2.75, 3.05) is 0 Å². The van der Waals surface area contributed by atoms with E-state index in [2.05, 4.69) is 200 Å². The Morgan fingerprint density at radius 1 is 0.226 bits per heavy atom. The molecule has 0 aliphatic carbocycles. The zero-order valence-corrected chi connectivity index (χ0v) is 35.0. The van der Waals surface area contributed by atoms with Crippen LogP contribution in [0.2, 0.25) is 0 Å². The third-order valence-electron chi connectivity index (χ3n) is 11.7. The van der Waals surface area contributed by atoms with Crippen molar-refractivity contribution >= 4 is 63.0 Å². The van der Waals surface area contributed by atoms with E-state index < -0.39 is 0 Å². The molecule has 0 amide bonds. The molecule has 3 nitrogen and oxygen atoms in total. The Morgan fingerprint density at radius 3 is 1.23 bits per heavy atom. The lowest BCUT2D eigenvalue weighted by Gasteiger charge is -2.14. The number of hydrogen-bond donors (Lipinski definition) is 0. The molecule has 3 aromatic heterocycles. The van der Waals surface area contributed by atoms with Crippen LogP contribution in [0.25, 0.3) is 119 Å². The highest BCUT2D eigenvalue weighted by Crippen LogP contribution is 2.41. The first-order chi connectivity index (χ1) is 30.7. The molecular weight excluding hydrogens is 791 g/mol. The number of fused-ring (bicyclic) bond motifs is 6. The number of nitrogens with zero attached hydrogens (tertiary/aromatic N) is 3. The van der Waals surface area contributed by atoms with Crippen molar-refractivity contribution in [3.63, 3.8) is 0 Å². The van der Waals surface area contributed by atoms with Crippen molar-refractivity contribution in [2.24, 2.45) is 0 Å². The molecule has 0 unspecified atom stereocenters. The van der Waals surface area contributed by atoms with Crippen LogP contribution in [0.5, 0.6) is 0 Å². The highest BCUT2D eigenvalue weighted by atomic mass is 32.1. The van der Waals surface area contributed by atoms with Gasteiger partial charge in [0, 0.05) is 57.0 Å². The number of thiophene rings is 2. The maximum atomic E-state index is 5.37. The van der Waals surface area contributed by atoms with E-state index in [0.717, 1.165) is 55.6 Å². The number of aromatic nitrogens is 3. The lowest BCUT2D eigenvalue weighted by Crippen LogP contribution is -2.01. The van der Waals surface area contributed by atoms with Crippen LogP contribution in [0.4, 0.5) is 0 Å². The second-order valence-corrected chi connectivity index (χ2v) is 17.7. The summed E-state index contributed by atoms with van der Waals surface area (Å²) in [6, 6.07) is 75.8. The van der Waals surface area contributed by atoms with Crippen molar-refractivity contribution in [3.8, 4) is 78.7 Å². The van der Waals surface area contributed by atoms with Gasteiger partial charge in [-0.1, -0.05) is 158 Å². The minimum absolute atomic E-state index is 0.618. The fourth-order valence-corrected chi connectivity index (χ4v) is 10.8. The van der Waals surface area contributed by atoms with E-state index in [1.54, 1.807) is 0 Å². The van der Waals surface area contributed by atoms with Gasteiger partial charge in [0.1, 0.15) is 0 Å². The van der Waals surface area contributed by atoms with Gasteiger partial charge in [0.05, 0.1) is 0 Å². The van der Waals surface area contributed by atoms with Crippen LogP contribution in [-0.2, 0) is 0 Å². The topological polar surface area (TPSA) is 38.7 Å². The molecule has 0 aliphatic rings. The monoisotopic (exact) mass is 825 g/mol. The fraction of sp³-hybridized carbons (Fsp3) is 0. The Balaban J connectivity index is 1.08. The minimum atomic E-state index is 0.618. The van der Waals surface area contributed by atoms with E-state index in [9.17, 15) is 0 Å². The Kier molecular flexibility index (Phi) is 8.87. The minimum Gasteiger partial charge on any atom is -0.208 e. The average Bonchev–Trinajstić information content (AvgIpc) is 3.92. The molecule has 0 spiro atoms. The summed E-state index contributed by atoms with van der Waals surface area (Å²) in [4.78, 5) is 15.9. The molecule has 0 aliphatic heterocycles. The highest BCUT2D eigenvalue weighted by Gasteiger charge is 2.18. The van der Waals surface area contributed by atoms with Gasteiger partial charge in [-0.3, -0.25) is 0 Å². The van der Waals surface area contributed by atoms with Crippen molar-refractivity contribution in [1.82, 2.24) is 15.0 Å². The molecule has 9 aromatic carbocycles. The van der Waals surface area contributed by atoms with Crippen LogP contribution < -0.4 is 0 Å². The summed E-state index contributed by atoms with van der Waals surface area (Å²) in [5.41, 5.74) is 11.8. The SMILES string of the molecule is c1ccc(-c2ccc(-c3nc(-c4cc(-c5ccc6sc7ccccc7c6c5)cc(-c5ccc6sc7ccccc7c6c5)c4)nc(-c4ccccc4-c4ccccc4)n3)cc2)cc1. The molecule has 3 heterocycles. The summed E-state index contributed by atoms with van der Waals surface area (Å²) in [6.45, 7) is 0. The second-order valence-electron chi connectivity index (χ2n) is 15.6. The number of rotatable bonds is 7. The first-order valence-electron chi connectivity index (χ1n) is 20.7. The van der Waals surface area contributed by atoms with Crippen molar-refractivity contribution in [3.05, 3.63) is 212 Å². The second kappa shape index (κ2) is 15.2. The standard InChI is InChI=1S/C57H35N3S2/c1-3-13-36(14-4-1)37-23-25-39(26-24-37)55-58-56(60-57(59-55)48-20-8-7-17-45(48)38-15-5-2-6-16-38)44-32-42(40-27-29-53-49(34-40)46-18-9-11-21-51(46)61-53)31-43(33-44)41-28-30-54-50(35-41)47-19-10-12-22-52(47)62-54/h1-35H. The van der Waals surface area contributed by atoms with Gasteiger partial charge in [0.15, 0.2) is 17.5 Å². The van der Waals surface area contributed by atoms with Crippen molar-refractivity contribution in [2.45, 2.75) is 0 Å². The molecule has 0 saturated heterocycles. The van der Waals surface area contributed by atoms with E-state index in [-0.39, 0.29) is 0 Å². The lowest BCUT2D eigenvalue weighted by molar-refractivity contribution is 1.07. The van der Waals surface area contributed by atoms with Crippen LogP contribution >= 0.6 is 22.7 Å². The molecule has 0 fully saturated rings. The first kappa shape index (κ1) is 36.3. The molecule has 0 N–H and O–H groups in total. The van der Waals surface area contributed by atoms with E-state index in [4.69, 9.17) is 15.0 Å². The predicted molar refractivity (Wildman–Crippen MR) is 264 cm³/mol. The van der Waals surface area contributed by atoms with Crippen molar-refractivity contribution < 1.29 is 0 Å². The van der Waals surface area contributed by atoms with Crippen LogP contribution in [0.3, 0.4) is 0 Å². The first-order valence-corrected chi connectivity index (χ1v) is 22.4. The Hall–Kier alpha value is -7.57. The van der Waals surface area contributed by atoms with Gasteiger partial charge in [0.2, 0.25) is 0 Å². The number of benzene rings is 9. The average molecular weight is 826 g/mol. The van der Waals surface area contributed by atoms with E-state index >= 15 is 0 Å². The molecule has 5 heteroatoms. The van der Waals surface area contributed by atoms with Gasteiger partial charge < -0.3 is 0 Å². The molecule has 12 rings (SSSR count). The molecule has 12 aromatic rings. The molecule has 290 valence electrons. The zero-order valence-electron chi connectivity index (χ0n) is 33.4. The number of hydrogen-bond acceptors (Lipinski definition) is 5. The molecule has 0 atom stereocenters. The van der Waals surface area contributed by atoms with Gasteiger partial charge in [-0.05, 0) is 99.1 Å². The zero-order chi connectivity index (χ0) is 41.0. The third-order valence-corrected chi connectivity index (χ3v) is 14.1. The van der Waals surface area contributed by atoms with Crippen LogP contribution in [0.15, 0.2) is 212 Å². The van der Waals surface area contributed by atoms with Gasteiger partial charge in [-0.15, -0.1) is 22.7 Å². The van der Waals surface area contributed by atoms with E-state index in [1.165, 1.54) is 45.9 Å². The smallest absolute Gasteiger partial charge is 0.164 e. The van der Waals surface area contributed by atoms with Gasteiger partial charge >= 0.3 is 0 Å². The van der Waals surface area contributed by atoms with Gasteiger partial charge in [-0.25, -0.2) is 15.0 Å². The fourth-order valence-electron chi connectivity index (χ4n) is 8.65. The summed E-state index contributed by atoms with van der Waals surface area (Å²) in [6.07, 6.45) is 0. The summed E-state index contributed by atoms with van der Waals surface area (Å²) < 4.78 is 5.15. The summed E-state index contributed by atoms with van der Waals surface area (Å²) >= 11 is 3.68. The molecule has 0 bridgehead atoms. The Morgan fingerprint density at radius 2 is 0.629 bits per heavy atom. The van der Waals surface area contributed by atoms with Gasteiger partial charge in [0.25, 0.3) is 0 Å². The maximum absolute atomic E-state index is 5.37. The van der Waals surface area contributed by atoms with Crippen LogP contribution in [0.1, 0.15) is 0 Å². The predicted octanol–water partition coefficient (Wildman–Crippen LogP) is 16.3. The van der Waals surface area contributed by atoms with E-state index in [0.29, 0.717) is 17.5 Å². The summed E-state index contributed by atoms with van der Waals surface area (Å²) in [5, 5.41) is 5.09. The molecular formula is C57H35N3S2. The van der Waals surface area contributed by atoms with Crippen LogP contribution in [0, 0.1) is 0 Å². The maximum Gasteiger partial charge on any atom is 0.164 e. The summed E-state index contributed by atoms with van der Waals surface area (Å²) in [7, 11) is 0. The lowest BCUT2D eigenvalue weighted by atomic mass is 9.94. The highest BCUT2D eigenvalue weighted by molar-refractivity contribution is 7.26. The summed E-state index contributed by atoms with van der Waals surface area (Å²) in [5.74, 6) is 1.87. The van der Waals surface area contributed by atoms with Crippen LogP contribution in [-0.4, -0.2) is 15.0 Å². The third kappa shape index (κ3) is 6.56. The molecule has 62 heavy (non-hydrogen) atoms. The quantitative estimate of drug-likeness (QED) is 0.161.